The molecule has 1 heterocycles. The number of rotatable bonds is 6. The lowest BCUT2D eigenvalue weighted by molar-refractivity contribution is 0.263. The minimum atomic E-state index is -3.50. The molecule has 1 N–H and O–H groups in total. The normalized spacial score (nSPS) is 15.9. The van der Waals surface area contributed by atoms with Gasteiger partial charge in [0.15, 0.2) is 5.11 Å². The molecule has 0 bridgehead atoms. The Bertz CT molecular complexity index is 923. The van der Waals surface area contributed by atoms with Crippen LogP contribution < -0.4 is 5.32 Å². The highest BCUT2D eigenvalue weighted by Gasteiger charge is 2.29. The van der Waals surface area contributed by atoms with E-state index in [1.165, 1.54) is 0 Å². The smallest absolute Gasteiger partial charge is 0.243 e. The molecule has 0 aliphatic carbocycles. The summed E-state index contributed by atoms with van der Waals surface area (Å²) in [6, 6.07) is 13.1. The van der Waals surface area contributed by atoms with Crippen LogP contribution in [0.3, 0.4) is 0 Å². The standard InChI is InChI=1S/C20H28N4O2S2/c1-22(2)11-5-10-21-20(27)23-12-14-24(15-13-23)28(25,26)19-9-8-17-6-3-4-7-18(17)16-19/h3-4,6-9,16H,5,10-15H2,1-2H3,(H,21,27). The number of nitrogens with zero attached hydrogens (tertiary/aromatic N) is 3. The van der Waals surface area contributed by atoms with E-state index in [-0.39, 0.29) is 0 Å². The van der Waals surface area contributed by atoms with Crippen molar-refractivity contribution >= 4 is 38.1 Å². The number of benzene rings is 2. The van der Waals surface area contributed by atoms with E-state index in [1.54, 1.807) is 16.4 Å². The molecule has 1 saturated heterocycles. The van der Waals surface area contributed by atoms with E-state index in [0.717, 1.165) is 30.3 Å². The number of nitrogens with one attached hydrogen (secondary N) is 1. The highest BCUT2D eigenvalue weighted by Crippen LogP contribution is 2.22. The fraction of sp³-hybridized carbons (Fsp3) is 0.450. The molecular formula is C20H28N4O2S2. The van der Waals surface area contributed by atoms with Gasteiger partial charge in [0.1, 0.15) is 0 Å². The maximum atomic E-state index is 13.0. The Morgan fingerprint density at radius 1 is 1.07 bits per heavy atom. The zero-order valence-corrected chi connectivity index (χ0v) is 18.1. The maximum absolute atomic E-state index is 13.0. The highest BCUT2D eigenvalue weighted by atomic mass is 32.2. The SMILES string of the molecule is CN(C)CCCNC(=S)N1CCN(S(=O)(=O)c2ccc3ccccc3c2)CC1. The summed E-state index contributed by atoms with van der Waals surface area (Å²) in [4.78, 5) is 4.54. The first-order valence-electron chi connectivity index (χ1n) is 9.54. The van der Waals surface area contributed by atoms with Gasteiger partial charge in [0.25, 0.3) is 0 Å². The zero-order valence-electron chi connectivity index (χ0n) is 16.5. The van der Waals surface area contributed by atoms with Crippen LogP contribution in [-0.2, 0) is 10.0 Å². The number of piperazine rings is 1. The van der Waals surface area contributed by atoms with Crippen LogP contribution in [0, 0.1) is 0 Å². The Morgan fingerprint density at radius 2 is 1.75 bits per heavy atom. The molecule has 6 nitrogen and oxygen atoms in total. The first-order valence-corrected chi connectivity index (χ1v) is 11.4. The van der Waals surface area contributed by atoms with E-state index in [0.29, 0.717) is 36.2 Å². The second-order valence-electron chi connectivity index (χ2n) is 7.29. The van der Waals surface area contributed by atoms with Crippen LogP contribution in [0.25, 0.3) is 10.8 Å². The van der Waals surface area contributed by atoms with Crippen molar-refractivity contribution < 1.29 is 8.42 Å². The molecule has 0 radical (unpaired) electrons. The minimum Gasteiger partial charge on any atom is -0.363 e. The van der Waals surface area contributed by atoms with E-state index in [9.17, 15) is 8.42 Å². The Kier molecular flexibility index (Phi) is 6.87. The van der Waals surface area contributed by atoms with Crippen molar-refractivity contribution in [3.63, 3.8) is 0 Å². The average Bonchev–Trinajstić information content (AvgIpc) is 2.70. The summed E-state index contributed by atoms with van der Waals surface area (Å²) in [7, 11) is 0.603. The third-order valence-corrected chi connectivity index (χ3v) is 7.24. The number of sulfonamides is 1. The third-order valence-electron chi connectivity index (χ3n) is 4.94. The predicted octanol–water partition coefficient (Wildman–Crippen LogP) is 1.97. The third kappa shape index (κ3) is 5.00. The molecule has 0 spiro atoms. The Balaban J connectivity index is 1.58. The summed E-state index contributed by atoms with van der Waals surface area (Å²) < 4.78 is 27.6. The molecule has 1 fully saturated rings. The number of thiocarbonyl (C=S) groups is 1. The van der Waals surface area contributed by atoms with Gasteiger partial charge in [0, 0.05) is 32.7 Å². The lowest BCUT2D eigenvalue weighted by atomic mass is 10.1. The second kappa shape index (κ2) is 9.17. The van der Waals surface area contributed by atoms with Gasteiger partial charge < -0.3 is 15.1 Å². The average molecular weight is 421 g/mol. The van der Waals surface area contributed by atoms with Crippen molar-refractivity contribution in [2.75, 3.05) is 53.4 Å². The van der Waals surface area contributed by atoms with E-state index in [4.69, 9.17) is 12.2 Å². The molecule has 3 rings (SSSR count). The van der Waals surface area contributed by atoms with Crippen molar-refractivity contribution in [1.82, 2.24) is 19.4 Å². The largest absolute Gasteiger partial charge is 0.363 e. The molecular weight excluding hydrogens is 392 g/mol. The monoisotopic (exact) mass is 420 g/mol. The molecule has 152 valence electrons. The lowest BCUT2D eigenvalue weighted by Crippen LogP contribution is -2.53. The van der Waals surface area contributed by atoms with E-state index < -0.39 is 10.0 Å². The first kappa shape index (κ1) is 21.0. The van der Waals surface area contributed by atoms with Gasteiger partial charge in [-0.2, -0.15) is 4.31 Å². The molecule has 28 heavy (non-hydrogen) atoms. The molecule has 0 amide bonds. The van der Waals surface area contributed by atoms with Crippen LogP contribution in [-0.4, -0.2) is 81.0 Å². The molecule has 1 aliphatic heterocycles. The molecule has 0 saturated carbocycles. The summed E-state index contributed by atoms with van der Waals surface area (Å²) >= 11 is 5.46. The fourth-order valence-electron chi connectivity index (χ4n) is 3.31. The molecule has 0 unspecified atom stereocenters. The van der Waals surface area contributed by atoms with Crippen molar-refractivity contribution in [3.05, 3.63) is 42.5 Å². The summed E-state index contributed by atoms with van der Waals surface area (Å²) in [5.74, 6) is 0. The topological polar surface area (TPSA) is 55.9 Å². The van der Waals surface area contributed by atoms with Gasteiger partial charge in [0.05, 0.1) is 4.90 Å². The molecule has 8 heteroatoms. The molecule has 2 aromatic rings. The summed E-state index contributed by atoms with van der Waals surface area (Å²) in [6.45, 7) is 3.92. The van der Waals surface area contributed by atoms with Crippen molar-refractivity contribution in [2.24, 2.45) is 0 Å². The quantitative estimate of drug-likeness (QED) is 0.570. The lowest BCUT2D eigenvalue weighted by Gasteiger charge is -2.35. The van der Waals surface area contributed by atoms with Gasteiger partial charge in [-0.1, -0.05) is 30.3 Å². The maximum Gasteiger partial charge on any atom is 0.243 e. The van der Waals surface area contributed by atoms with Gasteiger partial charge >= 0.3 is 0 Å². The second-order valence-corrected chi connectivity index (χ2v) is 9.61. The predicted molar refractivity (Wildman–Crippen MR) is 118 cm³/mol. The first-order chi connectivity index (χ1) is 13.4. The fourth-order valence-corrected chi connectivity index (χ4v) is 5.05. The van der Waals surface area contributed by atoms with E-state index in [2.05, 4.69) is 15.1 Å². The van der Waals surface area contributed by atoms with Crippen molar-refractivity contribution in [3.8, 4) is 0 Å². The van der Waals surface area contributed by atoms with Crippen LogP contribution in [0.15, 0.2) is 47.4 Å². The number of hydrogen-bond donors (Lipinski definition) is 1. The zero-order chi connectivity index (χ0) is 20.1. The Morgan fingerprint density at radius 3 is 2.43 bits per heavy atom. The van der Waals surface area contributed by atoms with Crippen LogP contribution in [0.2, 0.25) is 0 Å². The van der Waals surface area contributed by atoms with Gasteiger partial charge in [-0.3, -0.25) is 0 Å². The van der Waals surface area contributed by atoms with E-state index >= 15 is 0 Å². The molecule has 1 aliphatic rings. The Hall–Kier alpha value is -1.74. The summed E-state index contributed by atoms with van der Waals surface area (Å²) in [5, 5.41) is 5.96. The van der Waals surface area contributed by atoms with E-state index in [1.807, 2.05) is 44.4 Å². The summed E-state index contributed by atoms with van der Waals surface area (Å²) in [6.07, 6.45) is 1.02. The van der Waals surface area contributed by atoms with Crippen molar-refractivity contribution in [1.29, 1.82) is 0 Å². The van der Waals surface area contributed by atoms with Crippen LogP contribution in [0.1, 0.15) is 6.42 Å². The van der Waals surface area contributed by atoms with Gasteiger partial charge in [-0.05, 0) is 62.2 Å². The number of hydrogen-bond acceptors (Lipinski definition) is 4. The Labute approximate surface area is 173 Å². The molecule has 2 aromatic carbocycles. The minimum absolute atomic E-state index is 0.351. The highest BCUT2D eigenvalue weighted by molar-refractivity contribution is 7.89. The summed E-state index contributed by atoms with van der Waals surface area (Å²) in [5.41, 5.74) is 0. The van der Waals surface area contributed by atoms with Gasteiger partial charge in [-0.25, -0.2) is 8.42 Å². The van der Waals surface area contributed by atoms with Gasteiger partial charge in [-0.15, -0.1) is 0 Å². The van der Waals surface area contributed by atoms with Crippen LogP contribution >= 0.6 is 12.2 Å². The van der Waals surface area contributed by atoms with Crippen LogP contribution in [0.4, 0.5) is 0 Å². The van der Waals surface area contributed by atoms with Crippen LogP contribution in [0.5, 0.6) is 0 Å². The molecule has 0 aromatic heterocycles. The van der Waals surface area contributed by atoms with Gasteiger partial charge in [0.2, 0.25) is 10.0 Å². The molecule has 0 atom stereocenters. The number of fused-ring (bicyclic) bond motifs is 1. The van der Waals surface area contributed by atoms with Crippen molar-refractivity contribution in [2.45, 2.75) is 11.3 Å².